The van der Waals surface area contributed by atoms with Gasteiger partial charge in [0.05, 0.1) is 20.8 Å². The number of aliphatic imine (C=N–C) groups is 1. The molecule has 1 aliphatic carbocycles. The van der Waals surface area contributed by atoms with E-state index in [2.05, 4.69) is 29.5 Å². The van der Waals surface area contributed by atoms with Gasteiger partial charge < -0.3 is 20.1 Å². The number of nitrogens with one attached hydrogen (secondary N) is 2. The second kappa shape index (κ2) is 7.20. The molecule has 5 heteroatoms. The normalized spacial score (nSPS) is 20.9. The average Bonchev–Trinajstić information content (AvgIpc) is 3.20. The van der Waals surface area contributed by atoms with Crippen LogP contribution >= 0.6 is 0 Å². The highest BCUT2D eigenvalue weighted by atomic mass is 16.5. The fourth-order valence-electron chi connectivity index (χ4n) is 2.17. The molecule has 0 radical (unpaired) electrons. The van der Waals surface area contributed by atoms with Crippen molar-refractivity contribution < 1.29 is 9.47 Å². The van der Waals surface area contributed by atoms with Crippen LogP contribution in [-0.4, -0.2) is 32.8 Å². The Morgan fingerprint density at radius 3 is 2.67 bits per heavy atom. The fourth-order valence-corrected chi connectivity index (χ4v) is 2.17. The van der Waals surface area contributed by atoms with Gasteiger partial charge in [0, 0.05) is 24.2 Å². The highest BCUT2D eigenvalue weighted by Crippen LogP contribution is 2.29. The van der Waals surface area contributed by atoms with E-state index in [4.69, 9.17) is 9.47 Å². The quantitative estimate of drug-likeness (QED) is 0.623. The van der Waals surface area contributed by atoms with E-state index < -0.39 is 0 Å². The smallest absolute Gasteiger partial charge is 0.191 e. The maximum Gasteiger partial charge on any atom is 0.191 e. The largest absolute Gasteiger partial charge is 0.497 e. The first-order chi connectivity index (χ1) is 10.2. The Kier molecular flexibility index (Phi) is 5.31. The van der Waals surface area contributed by atoms with E-state index in [9.17, 15) is 0 Å². The molecule has 0 aromatic heterocycles. The summed E-state index contributed by atoms with van der Waals surface area (Å²) in [5.41, 5.74) is 1.04. The van der Waals surface area contributed by atoms with Gasteiger partial charge in [0.25, 0.3) is 0 Å². The molecule has 116 valence electrons. The second-order valence-corrected chi connectivity index (χ2v) is 5.34. The molecule has 21 heavy (non-hydrogen) atoms. The van der Waals surface area contributed by atoms with E-state index >= 15 is 0 Å². The molecular formula is C16H25N3O2. The molecule has 0 aliphatic heterocycles. The highest BCUT2D eigenvalue weighted by molar-refractivity contribution is 5.80. The van der Waals surface area contributed by atoms with Gasteiger partial charge in [0.1, 0.15) is 11.5 Å². The topological polar surface area (TPSA) is 54.9 Å². The number of ether oxygens (including phenoxy) is 2. The molecule has 0 spiro atoms. The maximum atomic E-state index is 5.40. The molecule has 1 saturated carbocycles. The summed E-state index contributed by atoms with van der Waals surface area (Å²) in [5.74, 6) is 3.19. The van der Waals surface area contributed by atoms with Crippen LogP contribution in [0.3, 0.4) is 0 Å². The summed E-state index contributed by atoms with van der Waals surface area (Å²) in [7, 11) is 3.31. The molecule has 5 nitrogen and oxygen atoms in total. The number of guanidine groups is 1. The molecule has 2 unspecified atom stereocenters. The molecule has 0 amide bonds. The molecule has 0 heterocycles. The Morgan fingerprint density at radius 1 is 1.33 bits per heavy atom. The van der Waals surface area contributed by atoms with Gasteiger partial charge in [-0.25, -0.2) is 4.99 Å². The molecule has 0 bridgehead atoms. The number of rotatable bonds is 6. The molecule has 0 saturated heterocycles. The van der Waals surface area contributed by atoms with E-state index in [1.165, 1.54) is 6.42 Å². The zero-order valence-electron chi connectivity index (χ0n) is 13.3. The van der Waals surface area contributed by atoms with Crippen molar-refractivity contribution in [2.75, 3.05) is 20.8 Å². The van der Waals surface area contributed by atoms with E-state index in [1.807, 2.05) is 18.2 Å². The lowest BCUT2D eigenvalue weighted by molar-refractivity contribution is 0.391. The predicted octanol–water partition coefficient (Wildman–Crippen LogP) is 2.17. The number of methoxy groups -OCH3 is 2. The number of benzene rings is 1. The van der Waals surface area contributed by atoms with Gasteiger partial charge in [-0.2, -0.15) is 0 Å². The number of hydrogen-bond acceptors (Lipinski definition) is 3. The molecule has 1 aromatic carbocycles. The predicted molar refractivity (Wildman–Crippen MR) is 85.1 cm³/mol. The zero-order valence-corrected chi connectivity index (χ0v) is 13.3. The van der Waals surface area contributed by atoms with Crippen molar-refractivity contribution in [2.24, 2.45) is 10.9 Å². The lowest BCUT2D eigenvalue weighted by Crippen LogP contribution is -2.39. The third-order valence-corrected chi connectivity index (χ3v) is 3.68. The molecule has 1 aromatic rings. The van der Waals surface area contributed by atoms with Crippen molar-refractivity contribution in [1.82, 2.24) is 10.6 Å². The monoisotopic (exact) mass is 291 g/mol. The molecule has 2 rings (SSSR count). The summed E-state index contributed by atoms with van der Waals surface area (Å²) in [6.07, 6.45) is 1.22. The third-order valence-electron chi connectivity index (χ3n) is 3.68. The van der Waals surface area contributed by atoms with E-state index in [0.717, 1.165) is 35.5 Å². The minimum Gasteiger partial charge on any atom is -0.497 e. The van der Waals surface area contributed by atoms with Crippen molar-refractivity contribution in [1.29, 1.82) is 0 Å². The molecular weight excluding hydrogens is 266 g/mol. The van der Waals surface area contributed by atoms with E-state index in [-0.39, 0.29) is 0 Å². The Labute approximate surface area is 126 Å². The summed E-state index contributed by atoms with van der Waals surface area (Å²) in [6, 6.07) is 6.36. The van der Waals surface area contributed by atoms with Crippen LogP contribution < -0.4 is 20.1 Å². The Hall–Kier alpha value is -1.91. The van der Waals surface area contributed by atoms with Gasteiger partial charge in [-0.05, 0) is 31.4 Å². The van der Waals surface area contributed by atoms with Gasteiger partial charge in [-0.15, -0.1) is 0 Å². The van der Waals surface area contributed by atoms with Crippen LogP contribution in [0.15, 0.2) is 23.2 Å². The van der Waals surface area contributed by atoms with Crippen LogP contribution in [0.25, 0.3) is 0 Å². The summed E-state index contributed by atoms with van der Waals surface area (Å²) in [6.45, 7) is 5.74. The van der Waals surface area contributed by atoms with Crippen LogP contribution in [0.2, 0.25) is 0 Å². The minimum absolute atomic E-state index is 0.556. The first-order valence-electron chi connectivity index (χ1n) is 7.43. The van der Waals surface area contributed by atoms with Gasteiger partial charge in [-0.3, -0.25) is 0 Å². The first-order valence-corrected chi connectivity index (χ1v) is 7.43. The van der Waals surface area contributed by atoms with E-state index in [0.29, 0.717) is 12.6 Å². The number of nitrogens with zero attached hydrogens (tertiary/aromatic N) is 1. The van der Waals surface area contributed by atoms with Crippen LogP contribution in [0.4, 0.5) is 0 Å². The molecule has 2 atom stereocenters. The van der Waals surface area contributed by atoms with Gasteiger partial charge >= 0.3 is 0 Å². The van der Waals surface area contributed by atoms with Crippen LogP contribution in [0.5, 0.6) is 11.5 Å². The Balaban J connectivity index is 2.05. The maximum absolute atomic E-state index is 5.40. The summed E-state index contributed by atoms with van der Waals surface area (Å²) in [5, 5.41) is 6.72. The van der Waals surface area contributed by atoms with Crippen molar-refractivity contribution in [3.8, 4) is 11.5 Å². The van der Waals surface area contributed by atoms with Crippen molar-refractivity contribution in [3.05, 3.63) is 23.8 Å². The van der Waals surface area contributed by atoms with Crippen molar-refractivity contribution >= 4 is 5.96 Å². The van der Waals surface area contributed by atoms with Gasteiger partial charge in [0.2, 0.25) is 0 Å². The molecule has 1 fully saturated rings. The lowest BCUT2D eigenvalue weighted by atomic mass is 10.2. The average molecular weight is 291 g/mol. The van der Waals surface area contributed by atoms with Crippen LogP contribution in [0.1, 0.15) is 25.8 Å². The lowest BCUT2D eigenvalue weighted by Gasteiger charge is -2.12. The third kappa shape index (κ3) is 4.28. The van der Waals surface area contributed by atoms with Crippen molar-refractivity contribution in [3.63, 3.8) is 0 Å². The number of hydrogen-bond donors (Lipinski definition) is 2. The standard InChI is InChI=1S/C16H25N3O2/c1-5-17-16(19-14-8-11(14)2)18-10-12-6-7-13(20-3)9-15(12)21-4/h6-7,9,11,14H,5,8,10H2,1-4H3,(H2,17,18,19). The van der Waals surface area contributed by atoms with Crippen molar-refractivity contribution in [2.45, 2.75) is 32.9 Å². The molecule has 2 N–H and O–H groups in total. The van der Waals surface area contributed by atoms with E-state index in [1.54, 1.807) is 14.2 Å². The van der Waals surface area contributed by atoms with Crippen LogP contribution in [-0.2, 0) is 6.54 Å². The summed E-state index contributed by atoms with van der Waals surface area (Å²) in [4.78, 5) is 4.64. The Bertz CT molecular complexity index is 502. The van der Waals surface area contributed by atoms with Gasteiger partial charge in [0.15, 0.2) is 5.96 Å². The summed E-state index contributed by atoms with van der Waals surface area (Å²) >= 11 is 0. The SMILES string of the molecule is CCNC(=NCc1ccc(OC)cc1OC)NC1CC1C. The Morgan fingerprint density at radius 2 is 2.10 bits per heavy atom. The summed E-state index contributed by atoms with van der Waals surface area (Å²) < 4.78 is 10.6. The highest BCUT2D eigenvalue weighted by Gasteiger charge is 2.33. The first kappa shape index (κ1) is 15.5. The second-order valence-electron chi connectivity index (χ2n) is 5.34. The molecule has 1 aliphatic rings. The minimum atomic E-state index is 0.556. The zero-order chi connectivity index (χ0) is 15.2. The van der Waals surface area contributed by atoms with Crippen LogP contribution in [0, 0.1) is 5.92 Å². The van der Waals surface area contributed by atoms with Gasteiger partial charge in [-0.1, -0.05) is 6.92 Å². The fraction of sp³-hybridized carbons (Fsp3) is 0.562.